The first-order valence-electron chi connectivity index (χ1n) is 11.3. The van der Waals surface area contributed by atoms with Crippen LogP contribution in [0.5, 0.6) is 0 Å². The summed E-state index contributed by atoms with van der Waals surface area (Å²) in [6.07, 6.45) is -0.766. The van der Waals surface area contributed by atoms with E-state index in [2.05, 4.69) is 12.0 Å². The van der Waals surface area contributed by atoms with Gasteiger partial charge in [0.1, 0.15) is 11.4 Å². The second-order valence-electron chi connectivity index (χ2n) is 8.45. The Morgan fingerprint density at radius 1 is 1.19 bits per heavy atom. The number of alkyl halides is 3. The van der Waals surface area contributed by atoms with Gasteiger partial charge in [-0.25, -0.2) is 9.49 Å². The number of nitrogens with one attached hydrogen (secondary N) is 1. The Morgan fingerprint density at radius 2 is 1.94 bits per heavy atom. The summed E-state index contributed by atoms with van der Waals surface area (Å²) in [7, 11) is 0. The van der Waals surface area contributed by atoms with Crippen molar-refractivity contribution in [2.45, 2.75) is 71.0 Å². The van der Waals surface area contributed by atoms with Crippen molar-refractivity contribution in [2.75, 3.05) is 26.2 Å². The zero-order valence-electron chi connectivity index (χ0n) is 18.5. The Bertz CT molecular complexity index is 925. The van der Waals surface area contributed by atoms with Gasteiger partial charge in [-0.15, -0.1) is 0 Å². The first-order valence-corrected chi connectivity index (χ1v) is 11.3. The number of carbonyl (C=O) groups excluding carboxylic acids is 1. The van der Waals surface area contributed by atoms with Crippen LogP contribution in [0.2, 0.25) is 0 Å². The third-order valence-electron chi connectivity index (χ3n) is 6.20. The molecule has 2 heterocycles. The Labute approximate surface area is 184 Å². The highest BCUT2D eigenvalue weighted by molar-refractivity contribution is 5.94. The molecular formula is C22H30F4N4O2. The average molecular weight is 459 g/mol. The predicted octanol–water partition coefficient (Wildman–Crippen LogP) is 4.13. The lowest BCUT2D eigenvalue weighted by molar-refractivity contribution is -0.139. The van der Waals surface area contributed by atoms with E-state index in [1.165, 1.54) is 0 Å². The molecule has 0 saturated heterocycles. The van der Waals surface area contributed by atoms with Crippen molar-refractivity contribution < 1.29 is 22.4 Å². The Balaban J connectivity index is 1.82. The van der Waals surface area contributed by atoms with Crippen molar-refractivity contribution in [1.29, 1.82) is 0 Å². The maximum atomic E-state index is 14.7. The van der Waals surface area contributed by atoms with Gasteiger partial charge in [-0.2, -0.15) is 18.3 Å². The number of H-pyrrole nitrogens is 1. The molecule has 0 bridgehead atoms. The molecule has 1 aromatic heterocycles. The second-order valence-corrected chi connectivity index (χ2v) is 8.45. The van der Waals surface area contributed by atoms with Crippen LogP contribution in [0, 0.1) is 0 Å². The maximum Gasteiger partial charge on any atom is 0.422 e. The lowest BCUT2D eigenvalue weighted by Crippen LogP contribution is -2.42. The Kier molecular flexibility index (Phi) is 7.74. The smallest absolute Gasteiger partial charge is 0.339 e. The van der Waals surface area contributed by atoms with Gasteiger partial charge < -0.3 is 4.90 Å². The molecule has 178 valence electrons. The zero-order valence-corrected chi connectivity index (χ0v) is 18.5. The number of rotatable bonds is 8. The fraction of sp³-hybridized carbons (Fsp3) is 0.682. The van der Waals surface area contributed by atoms with E-state index in [4.69, 9.17) is 0 Å². The Hall–Kier alpha value is -2.23. The van der Waals surface area contributed by atoms with Gasteiger partial charge in [-0.3, -0.25) is 14.5 Å². The molecular weight excluding hydrogens is 428 g/mol. The Morgan fingerprint density at radius 3 is 2.59 bits per heavy atom. The molecule has 2 aliphatic rings. The maximum absolute atomic E-state index is 14.7. The molecule has 1 N–H and O–H groups in total. The number of aromatic amines is 1. The summed E-state index contributed by atoms with van der Waals surface area (Å²) >= 11 is 0. The second kappa shape index (κ2) is 10.1. The molecule has 0 aromatic carbocycles. The minimum atomic E-state index is -4.77. The van der Waals surface area contributed by atoms with E-state index in [1.807, 2.05) is 16.9 Å². The van der Waals surface area contributed by atoms with Crippen molar-refractivity contribution in [1.82, 2.24) is 20.0 Å². The van der Waals surface area contributed by atoms with Gasteiger partial charge >= 0.3 is 6.18 Å². The van der Waals surface area contributed by atoms with E-state index in [0.29, 0.717) is 19.5 Å². The van der Waals surface area contributed by atoms with Gasteiger partial charge in [0.05, 0.1) is 17.3 Å². The quantitative estimate of drug-likeness (QED) is 0.470. The lowest BCUT2D eigenvalue weighted by Gasteiger charge is -2.34. The number of halogens is 4. The normalized spacial score (nSPS) is 19.4. The number of unbranched alkanes of at least 4 members (excludes halogenated alkanes) is 2. The van der Waals surface area contributed by atoms with Crippen LogP contribution in [0.15, 0.2) is 16.2 Å². The highest BCUT2D eigenvalue weighted by Crippen LogP contribution is 2.41. The molecule has 1 aliphatic heterocycles. The van der Waals surface area contributed by atoms with Crippen molar-refractivity contribution in [3.8, 4) is 0 Å². The van der Waals surface area contributed by atoms with E-state index < -0.39 is 29.2 Å². The number of hydrogen-bond donors (Lipinski definition) is 1. The molecule has 0 fully saturated rings. The topological polar surface area (TPSA) is 69.3 Å². The van der Waals surface area contributed by atoms with Gasteiger partial charge in [0.15, 0.2) is 0 Å². The summed E-state index contributed by atoms with van der Waals surface area (Å²) < 4.78 is 54.9. The highest BCUT2D eigenvalue weighted by atomic mass is 19.4. The van der Waals surface area contributed by atoms with E-state index in [9.17, 15) is 27.2 Å². The van der Waals surface area contributed by atoms with Crippen LogP contribution in [0.4, 0.5) is 17.6 Å². The molecule has 1 aromatic rings. The third kappa shape index (κ3) is 5.05. The van der Waals surface area contributed by atoms with Crippen molar-refractivity contribution >= 4 is 5.91 Å². The number of nitrogens with zero attached hydrogens (tertiary/aromatic N) is 3. The molecule has 1 aliphatic carbocycles. The summed E-state index contributed by atoms with van der Waals surface area (Å²) in [5.41, 5.74) is -2.31. The minimum absolute atomic E-state index is 0.0188. The SMILES string of the molecule is CCCCCN(CCC)C(=O)C1=C(F)CCN(C2CCc3c2n[nH]c(=O)c3C(F)(F)F)C1. The van der Waals surface area contributed by atoms with E-state index >= 15 is 0 Å². The van der Waals surface area contributed by atoms with Crippen LogP contribution in [-0.2, 0) is 17.4 Å². The fourth-order valence-corrected chi connectivity index (χ4v) is 4.64. The lowest BCUT2D eigenvalue weighted by atomic mass is 10.0. The summed E-state index contributed by atoms with van der Waals surface area (Å²) in [5, 5.41) is 5.88. The van der Waals surface area contributed by atoms with Crippen LogP contribution in [0.25, 0.3) is 0 Å². The molecule has 1 atom stereocenters. The van der Waals surface area contributed by atoms with Gasteiger partial charge in [0.25, 0.3) is 11.5 Å². The number of hydrogen-bond acceptors (Lipinski definition) is 4. The van der Waals surface area contributed by atoms with E-state index in [1.54, 1.807) is 4.90 Å². The van der Waals surface area contributed by atoms with Gasteiger partial charge in [0, 0.05) is 32.6 Å². The van der Waals surface area contributed by atoms with Crippen LogP contribution in [0.3, 0.4) is 0 Å². The largest absolute Gasteiger partial charge is 0.422 e. The van der Waals surface area contributed by atoms with Crippen molar-refractivity contribution in [3.63, 3.8) is 0 Å². The average Bonchev–Trinajstić information content (AvgIpc) is 3.15. The van der Waals surface area contributed by atoms with E-state index in [-0.39, 0.29) is 48.7 Å². The summed E-state index contributed by atoms with van der Waals surface area (Å²) in [6, 6.07) is -0.501. The molecule has 1 unspecified atom stereocenters. The van der Waals surface area contributed by atoms with Crippen molar-refractivity contribution in [2.24, 2.45) is 0 Å². The summed E-state index contributed by atoms with van der Waals surface area (Å²) in [4.78, 5) is 28.4. The highest BCUT2D eigenvalue weighted by Gasteiger charge is 2.43. The molecule has 1 amide bonds. The monoisotopic (exact) mass is 458 g/mol. The van der Waals surface area contributed by atoms with Crippen LogP contribution in [0.1, 0.15) is 75.2 Å². The number of carbonyl (C=O) groups is 1. The van der Waals surface area contributed by atoms with Crippen molar-refractivity contribution in [3.05, 3.63) is 38.6 Å². The molecule has 10 heteroatoms. The molecule has 6 nitrogen and oxygen atoms in total. The molecule has 0 radical (unpaired) electrons. The number of amides is 1. The molecule has 3 rings (SSSR count). The van der Waals surface area contributed by atoms with Gasteiger partial charge in [-0.05, 0) is 31.2 Å². The van der Waals surface area contributed by atoms with Gasteiger partial charge in [-0.1, -0.05) is 26.7 Å². The number of fused-ring (bicyclic) bond motifs is 1. The molecule has 32 heavy (non-hydrogen) atoms. The van der Waals surface area contributed by atoms with Gasteiger partial charge in [0.2, 0.25) is 0 Å². The van der Waals surface area contributed by atoms with Crippen LogP contribution >= 0.6 is 0 Å². The standard InChI is InChI=1S/C22H30F4N4O2/c1-3-5-6-11-29(10-4-2)21(32)15-13-30(12-9-16(15)23)17-8-7-14-18(22(24,25)26)20(31)28-27-19(14)17/h17H,3-13H2,1-2H3,(H,28,31). The first kappa shape index (κ1) is 24.4. The third-order valence-corrected chi connectivity index (χ3v) is 6.20. The summed E-state index contributed by atoms with van der Waals surface area (Å²) in [6.45, 7) is 5.41. The number of aromatic nitrogens is 2. The zero-order chi connectivity index (χ0) is 23.5. The predicted molar refractivity (Wildman–Crippen MR) is 112 cm³/mol. The molecule has 0 spiro atoms. The van der Waals surface area contributed by atoms with Crippen LogP contribution < -0.4 is 5.56 Å². The first-order chi connectivity index (χ1) is 15.2. The fourth-order valence-electron chi connectivity index (χ4n) is 4.64. The van der Waals surface area contributed by atoms with Crippen LogP contribution in [-0.4, -0.2) is 52.1 Å². The molecule has 0 saturated carbocycles. The summed E-state index contributed by atoms with van der Waals surface area (Å²) in [5.74, 6) is -0.791. The van der Waals surface area contributed by atoms with E-state index in [0.717, 1.165) is 25.7 Å². The minimum Gasteiger partial charge on any atom is -0.339 e.